The zero-order valence-electron chi connectivity index (χ0n) is 10.9. The van der Waals surface area contributed by atoms with Gasteiger partial charge in [-0.2, -0.15) is 0 Å². The molecule has 0 aliphatic carbocycles. The van der Waals surface area contributed by atoms with E-state index in [9.17, 15) is 5.11 Å². The largest absolute Gasteiger partial charge is 0.508 e. The van der Waals surface area contributed by atoms with Gasteiger partial charge in [-0.05, 0) is 36.1 Å². The second-order valence-electron chi connectivity index (χ2n) is 4.57. The summed E-state index contributed by atoms with van der Waals surface area (Å²) in [6.45, 7) is 2.97. The van der Waals surface area contributed by atoms with Gasteiger partial charge in [0.1, 0.15) is 11.5 Å². The lowest BCUT2D eigenvalue weighted by Crippen LogP contribution is -1.97. The first-order chi connectivity index (χ1) is 8.81. The summed E-state index contributed by atoms with van der Waals surface area (Å²) in [5.41, 5.74) is 0. The van der Waals surface area contributed by atoms with Crippen LogP contribution in [0.2, 0.25) is 0 Å². The fourth-order valence-electron chi connectivity index (χ4n) is 2.08. The van der Waals surface area contributed by atoms with E-state index >= 15 is 0 Å². The predicted octanol–water partition coefficient (Wildman–Crippen LogP) is 4.50. The van der Waals surface area contributed by atoms with Crippen molar-refractivity contribution in [2.45, 2.75) is 32.6 Å². The molecule has 2 nitrogen and oxygen atoms in total. The van der Waals surface area contributed by atoms with E-state index in [1.54, 1.807) is 12.1 Å². The zero-order chi connectivity index (χ0) is 12.8. The Bertz CT molecular complexity index is 505. The Morgan fingerprint density at radius 3 is 2.78 bits per heavy atom. The molecule has 2 aromatic carbocycles. The number of phenols is 1. The van der Waals surface area contributed by atoms with Crippen molar-refractivity contribution in [2.75, 3.05) is 6.61 Å². The van der Waals surface area contributed by atoms with Crippen molar-refractivity contribution < 1.29 is 9.84 Å². The molecule has 0 aliphatic heterocycles. The SMILES string of the molecule is CCCCCCOc1cccc2cc(O)ccc12. The average molecular weight is 244 g/mol. The molecule has 0 aliphatic rings. The topological polar surface area (TPSA) is 29.5 Å². The number of aromatic hydroxyl groups is 1. The summed E-state index contributed by atoms with van der Waals surface area (Å²) in [5.74, 6) is 1.20. The van der Waals surface area contributed by atoms with Crippen molar-refractivity contribution in [1.82, 2.24) is 0 Å². The zero-order valence-corrected chi connectivity index (χ0v) is 10.9. The van der Waals surface area contributed by atoms with Gasteiger partial charge in [-0.1, -0.05) is 38.3 Å². The number of benzene rings is 2. The van der Waals surface area contributed by atoms with Crippen molar-refractivity contribution in [2.24, 2.45) is 0 Å². The average Bonchev–Trinajstić information content (AvgIpc) is 2.38. The number of hydrogen-bond donors (Lipinski definition) is 1. The number of ether oxygens (including phenoxy) is 1. The van der Waals surface area contributed by atoms with Crippen LogP contribution in [0, 0.1) is 0 Å². The first kappa shape index (κ1) is 12.7. The molecule has 0 spiro atoms. The summed E-state index contributed by atoms with van der Waals surface area (Å²) in [4.78, 5) is 0. The van der Waals surface area contributed by atoms with Crippen LogP contribution in [0.25, 0.3) is 10.8 Å². The lowest BCUT2D eigenvalue weighted by Gasteiger charge is -2.09. The summed E-state index contributed by atoms with van der Waals surface area (Å²) in [7, 11) is 0. The normalized spacial score (nSPS) is 10.7. The first-order valence-corrected chi connectivity index (χ1v) is 6.66. The van der Waals surface area contributed by atoms with Gasteiger partial charge in [-0.25, -0.2) is 0 Å². The van der Waals surface area contributed by atoms with E-state index < -0.39 is 0 Å². The fraction of sp³-hybridized carbons (Fsp3) is 0.375. The number of fused-ring (bicyclic) bond motifs is 1. The maximum Gasteiger partial charge on any atom is 0.127 e. The highest BCUT2D eigenvalue weighted by Crippen LogP contribution is 2.28. The van der Waals surface area contributed by atoms with Crippen LogP contribution in [0.3, 0.4) is 0 Å². The van der Waals surface area contributed by atoms with Gasteiger partial charge in [0.25, 0.3) is 0 Å². The molecular formula is C16H20O2. The minimum absolute atomic E-state index is 0.294. The van der Waals surface area contributed by atoms with Crippen LogP contribution in [0.5, 0.6) is 11.5 Å². The van der Waals surface area contributed by atoms with E-state index in [1.165, 1.54) is 19.3 Å². The minimum atomic E-state index is 0.294. The highest BCUT2D eigenvalue weighted by atomic mass is 16.5. The summed E-state index contributed by atoms with van der Waals surface area (Å²) >= 11 is 0. The van der Waals surface area contributed by atoms with Crippen LogP contribution in [0.1, 0.15) is 32.6 Å². The highest BCUT2D eigenvalue weighted by Gasteiger charge is 2.02. The van der Waals surface area contributed by atoms with Gasteiger partial charge in [-0.3, -0.25) is 0 Å². The first-order valence-electron chi connectivity index (χ1n) is 6.66. The molecule has 0 saturated heterocycles. The molecule has 0 amide bonds. The Morgan fingerprint density at radius 2 is 1.94 bits per heavy atom. The smallest absolute Gasteiger partial charge is 0.127 e. The van der Waals surface area contributed by atoms with E-state index in [0.717, 1.165) is 29.5 Å². The summed E-state index contributed by atoms with van der Waals surface area (Å²) in [6.07, 6.45) is 4.84. The van der Waals surface area contributed by atoms with Gasteiger partial charge in [-0.15, -0.1) is 0 Å². The summed E-state index contributed by atoms with van der Waals surface area (Å²) in [6, 6.07) is 11.3. The quantitative estimate of drug-likeness (QED) is 0.758. The third-order valence-electron chi connectivity index (χ3n) is 3.08. The fourth-order valence-corrected chi connectivity index (χ4v) is 2.08. The molecule has 0 bridgehead atoms. The molecule has 2 rings (SSSR count). The van der Waals surface area contributed by atoms with E-state index in [-0.39, 0.29) is 0 Å². The van der Waals surface area contributed by atoms with Crippen LogP contribution < -0.4 is 4.74 Å². The predicted molar refractivity (Wildman–Crippen MR) is 75.2 cm³/mol. The third-order valence-corrected chi connectivity index (χ3v) is 3.08. The monoisotopic (exact) mass is 244 g/mol. The van der Waals surface area contributed by atoms with E-state index in [4.69, 9.17) is 4.74 Å². The van der Waals surface area contributed by atoms with Gasteiger partial charge in [0.2, 0.25) is 0 Å². The van der Waals surface area contributed by atoms with Crippen molar-refractivity contribution in [3.05, 3.63) is 36.4 Å². The van der Waals surface area contributed by atoms with Gasteiger partial charge in [0.15, 0.2) is 0 Å². The molecule has 0 heterocycles. The Morgan fingerprint density at radius 1 is 1.06 bits per heavy atom. The number of phenolic OH excluding ortho intramolecular Hbond substituents is 1. The van der Waals surface area contributed by atoms with Gasteiger partial charge < -0.3 is 9.84 Å². The maximum atomic E-state index is 9.45. The van der Waals surface area contributed by atoms with Crippen LogP contribution in [0.15, 0.2) is 36.4 Å². The van der Waals surface area contributed by atoms with Crippen LogP contribution in [-0.2, 0) is 0 Å². The van der Waals surface area contributed by atoms with Gasteiger partial charge >= 0.3 is 0 Å². The molecule has 0 fully saturated rings. The second kappa shape index (κ2) is 6.29. The molecule has 2 heteroatoms. The standard InChI is InChI=1S/C16H20O2/c1-2-3-4-5-11-18-16-8-6-7-13-12-14(17)9-10-15(13)16/h6-10,12,17H,2-5,11H2,1H3. The molecule has 0 radical (unpaired) electrons. The Kier molecular flexibility index (Phi) is 4.46. The molecule has 1 N–H and O–H groups in total. The Balaban J connectivity index is 2.04. The third kappa shape index (κ3) is 3.16. The molecule has 0 unspecified atom stereocenters. The van der Waals surface area contributed by atoms with Crippen molar-refractivity contribution in [3.8, 4) is 11.5 Å². The van der Waals surface area contributed by atoms with Crippen LogP contribution in [0.4, 0.5) is 0 Å². The second-order valence-corrected chi connectivity index (χ2v) is 4.57. The molecule has 0 atom stereocenters. The summed E-state index contributed by atoms with van der Waals surface area (Å²) in [5, 5.41) is 11.5. The lowest BCUT2D eigenvalue weighted by atomic mass is 10.1. The summed E-state index contributed by atoms with van der Waals surface area (Å²) < 4.78 is 5.82. The molecule has 0 saturated carbocycles. The molecule has 18 heavy (non-hydrogen) atoms. The van der Waals surface area contributed by atoms with Crippen molar-refractivity contribution >= 4 is 10.8 Å². The maximum absolute atomic E-state index is 9.45. The van der Waals surface area contributed by atoms with Crippen molar-refractivity contribution in [1.29, 1.82) is 0 Å². The Hall–Kier alpha value is -1.70. The minimum Gasteiger partial charge on any atom is -0.508 e. The van der Waals surface area contributed by atoms with E-state index in [2.05, 4.69) is 6.92 Å². The number of unbranched alkanes of at least 4 members (excludes halogenated alkanes) is 3. The molecular weight excluding hydrogens is 224 g/mol. The van der Waals surface area contributed by atoms with Crippen LogP contribution in [-0.4, -0.2) is 11.7 Å². The molecule has 0 aromatic heterocycles. The highest BCUT2D eigenvalue weighted by molar-refractivity contribution is 5.89. The van der Waals surface area contributed by atoms with E-state index in [1.807, 2.05) is 24.3 Å². The van der Waals surface area contributed by atoms with Gasteiger partial charge in [0.05, 0.1) is 6.61 Å². The molecule has 2 aromatic rings. The van der Waals surface area contributed by atoms with Gasteiger partial charge in [0, 0.05) is 5.39 Å². The van der Waals surface area contributed by atoms with Crippen LogP contribution >= 0.6 is 0 Å². The molecule has 96 valence electrons. The Labute approximate surface area is 108 Å². The van der Waals surface area contributed by atoms with E-state index in [0.29, 0.717) is 5.75 Å². The lowest BCUT2D eigenvalue weighted by molar-refractivity contribution is 0.308. The van der Waals surface area contributed by atoms with Crippen molar-refractivity contribution in [3.63, 3.8) is 0 Å². The number of hydrogen-bond acceptors (Lipinski definition) is 2. The number of rotatable bonds is 6.